The van der Waals surface area contributed by atoms with E-state index < -0.39 is 11.5 Å². The second-order valence-electron chi connectivity index (χ2n) is 6.00. The third kappa shape index (κ3) is 4.26. The van der Waals surface area contributed by atoms with Gasteiger partial charge >= 0.3 is 0 Å². The number of nitrogens with zero attached hydrogens (tertiary/aromatic N) is 4. The minimum absolute atomic E-state index is 0.0993. The lowest BCUT2D eigenvalue weighted by atomic mass is 10.1. The number of aryl methyl sites for hydroxylation is 1. The molecule has 0 aromatic carbocycles. The summed E-state index contributed by atoms with van der Waals surface area (Å²) in [6.07, 6.45) is 1.58. The van der Waals surface area contributed by atoms with Gasteiger partial charge in [0.15, 0.2) is 11.6 Å². The highest BCUT2D eigenvalue weighted by Crippen LogP contribution is 2.18. The number of aliphatic hydroxyl groups is 1. The molecule has 2 rings (SSSR count). The van der Waals surface area contributed by atoms with Gasteiger partial charge in [-0.1, -0.05) is 0 Å². The van der Waals surface area contributed by atoms with E-state index in [1.165, 1.54) is 10.7 Å². The van der Waals surface area contributed by atoms with Crippen LogP contribution in [0.15, 0.2) is 23.1 Å². The van der Waals surface area contributed by atoms with E-state index in [1.54, 1.807) is 30.7 Å². The Balaban J connectivity index is 2.50. The first kappa shape index (κ1) is 16.9. The summed E-state index contributed by atoms with van der Waals surface area (Å²) in [7, 11) is 0. The van der Waals surface area contributed by atoms with Gasteiger partial charge in [-0.2, -0.15) is 5.10 Å². The first-order valence-electron chi connectivity index (χ1n) is 7.35. The number of pyridine rings is 1. The first-order valence-corrected chi connectivity index (χ1v) is 7.35. The number of nitrogens with two attached hydrogens (primary N) is 1. The van der Waals surface area contributed by atoms with Gasteiger partial charge in [0.2, 0.25) is 5.91 Å². The SMILES string of the molecule is CCn1ccc(-c2nc(CC(N)=O)nn2CC(C)(C)O)cc1=O. The monoisotopic (exact) mass is 319 g/mol. The Kier molecular flexibility index (Phi) is 4.65. The van der Waals surface area contributed by atoms with Crippen LogP contribution in [0, 0.1) is 0 Å². The number of primary amides is 1. The third-order valence-electron chi connectivity index (χ3n) is 3.18. The molecule has 1 amide bonds. The van der Waals surface area contributed by atoms with Gasteiger partial charge in [-0.25, -0.2) is 9.67 Å². The lowest BCUT2D eigenvalue weighted by Gasteiger charge is -2.18. The number of hydrogen-bond donors (Lipinski definition) is 2. The third-order valence-corrected chi connectivity index (χ3v) is 3.18. The van der Waals surface area contributed by atoms with E-state index in [4.69, 9.17) is 5.73 Å². The molecule has 0 saturated heterocycles. The summed E-state index contributed by atoms with van der Waals surface area (Å²) in [6.45, 7) is 5.90. The standard InChI is InChI=1S/C15H21N5O3/c1-4-19-6-5-10(7-13(19)22)14-17-12(8-11(16)21)18-20(14)9-15(2,3)23/h5-7,23H,4,8-9H2,1-3H3,(H2,16,21). The number of carbonyl (C=O) groups excluding carboxylic acids is 1. The van der Waals surface area contributed by atoms with E-state index in [-0.39, 0.29) is 24.3 Å². The molecule has 0 aliphatic rings. The van der Waals surface area contributed by atoms with Crippen molar-refractivity contribution in [3.05, 3.63) is 34.5 Å². The summed E-state index contributed by atoms with van der Waals surface area (Å²) in [5, 5.41) is 14.2. The highest BCUT2D eigenvalue weighted by molar-refractivity contribution is 5.75. The largest absolute Gasteiger partial charge is 0.389 e. The molecule has 0 bridgehead atoms. The number of rotatable bonds is 6. The molecule has 2 aromatic rings. The van der Waals surface area contributed by atoms with E-state index >= 15 is 0 Å². The smallest absolute Gasteiger partial charge is 0.251 e. The van der Waals surface area contributed by atoms with Gasteiger partial charge in [0, 0.05) is 24.4 Å². The van der Waals surface area contributed by atoms with Gasteiger partial charge in [0.1, 0.15) is 0 Å². The fourth-order valence-corrected chi connectivity index (χ4v) is 2.22. The van der Waals surface area contributed by atoms with Crippen molar-refractivity contribution in [2.24, 2.45) is 5.73 Å². The van der Waals surface area contributed by atoms with Crippen LogP contribution >= 0.6 is 0 Å². The number of aromatic nitrogens is 4. The minimum atomic E-state index is -1.02. The Labute approximate surface area is 133 Å². The maximum atomic E-state index is 12.0. The summed E-state index contributed by atoms with van der Waals surface area (Å²) in [4.78, 5) is 27.4. The summed E-state index contributed by atoms with van der Waals surface area (Å²) >= 11 is 0. The molecule has 0 atom stereocenters. The quantitative estimate of drug-likeness (QED) is 0.773. The topological polar surface area (TPSA) is 116 Å². The van der Waals surface area contributed by atoms with Crippen molar-refractivity contribution in [3.8, 4) is 11.4 Å². The minimum Gasteiger partial charge on any atom is -0.389 e. The lowest BCUT2D eigenvalue weighted by molar-refractivity contribution is -0.117. The van der Waals surface area contributed by atoms with Gasteiger partial charge in [0.05, 0.1) is 18.6 Å². The van der Waals surface area contributed by atoms with Crippen LogP contribution in [0.25, 0.3) is 11.4 Å². The zero-order chi connectivity index (χ0) is 17.2. The van der Waals surface area contributed by atoms with E-state index in [1.807, 2.05) is 6.92 Å². The lowest BCUT2D eigenvalue weighted by Crippen LogP contribution is -2.27. The molecule has 2 aromatic heterocycles. The summed E-state index contributed by atoms with van der Waals surface area (Å²) in [5.41, 5.74) is 4.58. The Hall–Kier alpha value is -2.48. The molecule has 2 heterocycles. The summed E-state index contributed by atoms with van der Waals surface area (Å²) in [5.74, 6) is 0.138. The fourth-order valence-electron chi connectivity index (χ4n) is 2.22. The van der Waals surface area contributed by atoms with Crippen molar-refractivity contribution in [1.82, 2.24) is 19.3 Å². The molecule has 8 heteroatoms. The zero-order valence-corrected chi connectivity index (χ0v) is 13.5. The molecule has 3 N–H and O–H groups in total. The molecule has 0 unspecified atom stereocenters. The molecular weight excluding hydrogens is 298 g/mol. The van der Waals surface area contributed by atoms with Crippen LogP contribution in [0.4, 0.5) is 0 Å². The highest BCUT2D eigenvalue weighted by Gasteiger charge is 2.20. The Bertz CT molecular complexity index is 770. The fraction of sp³-hybridized carbons (Fsp3) is 0.467. The maximum absolute atomic E-state index is 12.0. The van der Waals surface area contributed by atoms with Crippen LogP contribution in [-0.4, -0.2) is 35.9 Å². The van der Waals surface area contributed by atoms with Crippen molar-refractivity contribution in [1.29, 1.82) is 0 Å². The van der Waals surface area contributed by atoms with Gasteiger partial charge in [-0.3, -0.25) is 9.59 Å². The Morgan fingerprint density at radius 3 is 2.65 bits per heavy atom. The van der Waals surface area contributed by atoms with E-state index in [0.29, 0.717) is 17.9 Å². The second-order valence-corrected chi connectivity index (χ2v) is 6.00. The van der Waals surface area contributed by atoms with Crippen molar-refractivity contribution in [2.75, 3.05) is 0 Å². The van der Waals surface area contributed by atoms with Gasteiger partial charge in [0.25, 0.3) is 5.56 Å². The highest BCUT2D eigenvalue weighted by atomic mass is 16.3. The van der Waals surface area contributed by atoms with Crippen molar-refractivity contribution in [3.63, 3.8) is 0 Å². The zero-order valence-electron chi connectivity index (χ0n) is 13.5. The summed E-state index contributed by atoms with van der Waals surface area (Å²) in [6, 6.07) is 3.21. The van der Waals surface area contributed by atoms with Gasteiger partial charge in [-0.05, 0) is 26.8 Å². The van der Waals surface area contributed by atoms with Crippen molar-refractivity contribution < 1.29 is 9.90 Å². The molecule has 0 spiro atoms. The van der Waals surface area contributed by atoms with Crippen molar-refractivity contribution >= 4 is 5.91 Å². The van der Waals surface area contributed by atoms with Crippen molar-refractivity contribution in [2.45, 2.75) is 45.9 Å². The van der Waals surface area contributed by atoms with Crippen LogP contribution in [0.2, 0.25) is 0 Å². The van der Waals surface area contributed by atoms with Crippen LogP contribution in [0.5, 0.6) is 0 Å². The Morgan fingerprint density at radius 1 is 1.43 bits per heavy atom. The predicted molar refractivity (Wildman–Crippen MR) is 84.6 cm³/mol. The molecule has 0 saturated carbocycles. The molecule has 23 heavy (non-hydrogen) atoms. The first-order chi connectivity index (χ1) is 10.7. The predicted octanol–water partition coefficient (Wildman–Crippen LogP) is -0.0746. The average Bonchev–Trinajstić information content (AvgIpc) is 2.78. The molecule has 0 aliphatic heterocycles. The molecule has 8 nitrogen and oxygen atoms in total. The van der Waals surface area contributed by atoms with Crippen LogP contribution < -0.4 is 11.3 Å². The van der Waals surface area contributed by atoms with E-state index in [0.717, 1.165) is 0 Å². The van der Waals surface area contributed by atoms with Crippen LogP contribution in [-0.2, 0) is 24.3 Å². The second kappa shape index (κ2) is 6.33. The molecule has 0 aliphatic carbocycles. The number of amides is 1. The average molecular weight is 319 g/mol. The molecule has 124 valence electrons. The van der Waals surface area contributed by atoms with Gasteiger partial charge in [-0.15, -0.1) is 0 Å². The summed E-state index contributed by atoms with van der Waals surface area (Å²) < 4.78 is 3.05. The Morgan fingerprint density at radius 2 is 2.13 bits per heavy atom. The number of carbonyl (C=O) groups is 1. The van der Waals surface area contributed by atoms with Gasteiger partial charge < -0.3 is 15.4 Å². The molecular formula is C15H21N5O3. The molecule has 0 fully saturated rings. The molecule has 0 radical (unpaired) electrons. The number of hydrogen-bond acceptors (Lipinski definition) is 5. The van der Waals surface area contributed by atoms with Crippen LogP contribution in [0.3, 0.4) is 0 Å². The normalized spacial score (nSPS) is 11.7. The van der Waals surface area contributed by atoms with E-state index in [2.05, 4.69) is 10.1 Å². The van der Waals surface area contributed by atoms with Crippen LogP contribution in [0.1, 0.15) is 26.6 Å². The van der Waals surface area contributed by atoms with E-state index in [9.17, 15) is 14.7 Å². The maximum Gasteiger partial charge on any atom is 0.251 e.